The van der Waals surface area contributed by atoms with Gasteiger partial charge in [-0.15, -0.1) is 0 Å². The zero-order chi connectivity index (χ0) is 26.2. The molecule has 0 aliphatic carbocycles. The van der Waals surface area contributed by atoms with Crippen LogP contribution in [0.5, 0.6) is 0 Å². The van der Waals surface area contributed by atoms with Gasteiger partial charge in [0.1, 0.15) is 6.04 Å². The van der Waals surface area contributed by atoms with E-state index in [1.165, 1.54) is 0 Å². The number of likely N-dealkylation sites (tertiary alicyclic amines) is 1. The van der Waals surface area contributed by atoms with E-state index in [1.807, 2.05) is 61.5 Å². The molecule has 8 nitrogen and oxygen atoms in total. The quantitative estimate of drug-likeness (QED) is 0.386. The molecule has 37 heavy (non-hydrogen) atoms. The first-order valence-corrected chi connectivity index (χ1v) is 14.1. The molecule has 1 aliphatic heterocycles. The summed E-state index contributed by atoms with van der Waals surface area (Å²) in [5.74, 6) is 0.373. The van der Waals surface area contributed by atoms with Crippen LogP contribution < -0.4 is 9.62 Å². The highest BCUT2D eigenvalue weighted by molar-refractivity contribution is 7.89. The van der Waals surface area contributed by atoms with Crippen LogP contribution in [0.3, 0.4) is 0 Å². The molecular weight excluding hydrogens is 486 g/mol. The highest BCUT2D eigenvalue weighted by Crippen LogP contribution is 2.30. The number of aromatic nitrogens is 2. The maximum Gasteiger partial charge on any atom is 0.241 e. The van der Waals surface area contributed by atoms with Crippen molar-refractivity contribution < 1.29 is 13.2 Å². The zero-order valence-corrected chi connectivity index (χ0v) is 22.3. The first-order chi connectivity index (χ1) is 17.7. The highest BCUT2D eigenvalue weighted by atomic mass is 32.2. The number of fused-ring (bicyclic) bond motifs is 2. The number of carbonyl (C=O) groups is 1. The molecule has 1 aromatic heterocycles. The second kappa shape index (κ2) is 10.1. The van der Waals surface area contributed by atoms with Crippen LogP contribution >= 0.6 is 0 Å². The number of sulfonamides is 1. The highest BCUT2D eigenvalue weighted by Gasteiger charge is 2.32. The topological polar surface area (TPSA) is 98.4 Å². The summed E-state index contributed by atoms with van der Waals surface area (Å²) in [6.45, 7) is 3.46. The summed E-state index contributed by atoms with van der Waals surface area (Å²) in [7, 11) is -0.152. The number of hydrogen-bond donors (Lipinski definition) is 2. The smallest absolute Gasteiger partial charge is 0.241 e. The van der Waals surface area contributed by atoms with Crippen molar-refractivity contribution in [3.63, 3.8) is 0 Å². The van der Waals surface area contributed by atoms with Crippen molar-refractivity contribution in [1.29, 1.82) is 0 Å². The molecule has 0 spiro atoms. The van der Waals surface area contributed by atoms with Crippen LogP contribution in [0.25, 0.3) is 21.8 Å². The summed E-state index contributed by atoms with van der Waals surface area (Å²) in [5.41, 5.74) is 3.46. The Morgan fingerprint density at radius 2 is 1.84 bits per heavy atom. The lowest BCUT2D eigenvalue weighted by Crippen LogP contribution is -2.51. The van der Waals surface area contributed by atoms with Gasteiger partial charge in [0.05, 0.1) is 22.3 Å². The number of rotatable bonds is 7. The van der Waals surface area contributed by atoms with E-state index in [4.69, 9.17) is 0 Å². The molecule has 1 saturated heterocycles. The lowest BCUT2D eigenvalue weighted by molar-refractivity contribution is -0.134. The van der Waals surface area contributed by atoms with E-state index in [9.17, 15) is 13.2 Å². The zero-order valence-electron chi connectivity index (χ0n) is 21.4. The molecule has 1 atom stereocenters. The number of benzene rings is 3. The average molecular weight is 520 g/mol. The minimum Gasteiger partial charge on any atom is -0.377 e. The summed E-state index contributed by atoms with van der Waals surface area (Å²) in [5, 5.41) is 1.46. The van der Waals surface area contributed by atoms with Crippen molar-refractivity contribution in [3.8, 4) is 0 Å². The third kappa shape index (κ3) is 5.19. The van der Waals surface area contributed by atoms with Crippen molar-refractivity contribution >= 4 is 43.4 Å². The van der Waals surface area contributed by atoms with E-state index < -0.39 is 16.1 Å². The Morgan fingerprint density at radius 1 is 1.11 bits per heavy atom. The van der Waals surface area contributed by atoms with E-state index in [0.29, 0.717) is 24.4 Å². The number of nitrogens with zero attached hydrogens (tertiary/aromatic N) is 3. The third-order valence-corrected chi connectivity index (χ3v) is 8.78. The van der Waals surface area contributed by atoms with Crippen molar-refractivity contribution in [2.45, 2.75) is 37.1 Å². The van der Waals surface area contributed by atoms with Gasteiger partial charge in [0.15, 0.2) is 0 Å². The second-order valence-electron chi connectivity index (χ2n) is 10.2. The van der Waals surface area contributed by atoms with Gasteiger partial charge >= 0.3 is 0 Å². The molecule has 1 aliphatic rings. The maximum atomic E-state index is 13.8. The standard InChI is InChI=1S/C28H33N5O3S/c1-19-12-14-33(15-13-19)28(34)25(17-20-10-11-23-24(16-20)30-18-29-23)31-37(35,36)27-9-5-6-21-22(27)7-4-8-26(21)32(2)3/h4-11,16,18-19,25,31H,12-15,17H2,1-3H3,(H,29,30). The van der Waals surface area contributed by atoms with Crippen LogP contribution in [-0.2, 0) is 21.2 Å². The maximum absolute atomic E-state index is 13.8. The van der Waals surface area contributed by atoms with Crippen molar-refractivity contribution in [1.82, 2.24) is 19.6 Å². The number of H-pyrrole nitrogens is 1. The Hall–Kier alpha value is -3.43. The lowest BCUT2D eigenvalue weighted by atomic mass is 9.98. The molecule has 2 heterocycles. The van der Waals surface area contributed by atoms with Crippen LogP contribution in [0.2, 0.25) is 0 Å². The first-order valence-electron chi connectivity index (χ1n) is 12.6. The molecule has 0 saturated carbocycles. The SMILES string of the molecule is CC1CCN(C(=O)C(Cc2ccc3nc[nH]c3c2)NS(=O)(=O)c2cccc3c(N(C)C)cccc23)CC1. The molecule has 1 unspecified atom stereocenters. The van der Waals surface area contributed by atoms with Crippen LogP contribution in [0.1, 0.15) is 25.3 Å². The molecule has 0 radical (unpaired) electrons. The molecule has 5 rings (SSSR count). The Kier molecular flexibility index (Phi) is 6.92. The van der Waals surface area contributed by atoms with E-state index >= 15 is 0 Å². The summed E-state index contributed by atoms with van der Waals surface area (Å²) in [6, 6.07) is 15.7. The monoisotopic (exact) mass is 519 g/mol. The molecule has 0 bridgehead atoms. The predicted molar refractivity (Wildman–Crippen MR) is 147 cm³/mol. The van der Waals surface area contributed by atoms with Gasteiger partial charge in [0.25, 0.3) is 0 Å². The minimum atomic E-state index is -4.01. The van der Waals surface area contributed by atoms with Gasteiger partial charge < -0.3 is 14.8 Å². The molecular formula is C28H33N5O3S. The number of imidazole rings is 1. The summed E-state index contributed by atoms with van der Waals surface area (Å²) in [4.78, 5) is 25.0. The Balaban J connectivity index is 1.50. The molecule has 194 valence electrons. The summed E-state index contributed by atoms with van der Waals surface area (Å²) in [6.07, 6.45) is 3.70. The fourth-order valence-electron chi connectivity index (χ4n) is 5.11. The van der Waals surface area contributed by atoms with Gasteiger partial charge in [0.2, 0.25) is 15.9 Å². The number of amides is 1. The number of carbonyl (C=O) groups excluding carboxylic acids is 1. The van der Waals surface area contributed by atoms with E-state index in [1.54, 1.807) is 23.4 Å². The van der Waals surface area contributed by atoms with Gasteiger partial charge in [-0.3, -0.25) is 4.79 Å². The number of anilines is 1. The summed E-state index contributed by atoms with van der Waals surface area (Å²) < 4.78 is 30.4. The van der Waals surface area contributed by atoms with Crippen LogP contribution in [-0.4, -0.2) is 62.4 Å². The molecule has 1 fully saturated rings. The first kappa shape index (κ1) is 25.2. The predicted octanol–water partition coefficient (Wildman–Crippen LogP) is 3.93. The van der Waals surface area contributed by atoms with Gasteiger partial charge in [-0.25, -0.2) is 13.4 Å². The number of aromatic amines is 1. The molecule has 4 aromatic rings. The average Bonchev–Trinajstić information content (AvgIpc) is 3.35. The van der Waals surface area contributed by atoms with Gasteiger partial charge in [-0.1, -0.05) is 37.3 Å². The molecule has 9 heteroatoms. The number of hydrogen-bond acceptors (Lipinski definition) is 5. The molecule has 2 N–H and O–H groups in total. The van der Waals surface area contributed by atoms with Gasteiger partial charge in [0, 0.05) is 43.6 Å². The van der Waals surface area contributed by atoms with Crippen molar-refractivity contribution in [3.05, 3.63) is 66.5 Å². The Bertz CT molecular complexity index is 1540. The van der Waals surface area contributed by atoms with Crippen LogP contribution in [0.4, 0.5) is 5.69 Å². The van der Waals surface area contributed by atoms with Crippen molar-refractivity contribution in [2.24, 2.45) is 5.92 Å². The minimum absolute atomic E-state index is 0.169. The third-order valence-electron chi connectivity index (χ3n) is 7.25. The second-order valence-corrected chi connectivity index (χ2v) is 11.8. The largest absolute Gasteiger partial charge is 0.377 e. The van der Waals surface area contributed by atoms with Crippen molar-refractivity contribution in [2.75, 3.05) is 32.1 Å². The number of piperidine rings is 1. The van der Waals surface area contributed by atoms with E-state index in [-0.39, 0.29) is 17.2 Å². The molecule has 3 aromatic carbocycles. The molecule has 1 amide bonds. The van der Waals surface area contributed by atoms with E-state index in [2.05, 4.69) is 21.6 Å². The fourth-order valence-corrected chi connectivity index (χ4v) is 6.52. The number of nitrogens with one attached hydrogen (secondary N) is 2. The normalized spacial score (nSPS) is 15.8. The van der Waals surface area contributed by atoms with E-state index in [0.717, 1.165) is 40.5 Å². The lowest BCUT2D eigenvalue weighted by Gasteiger charge is -2.33. The Morgan fingerprint density at radius 3 is 2.59 bits per heavy atom. The van der Waals surface area contributed by atoms with Crippen LogP contribution in [0.15, 0.2) is 65.8 Å². The van der Waals surface area contributed by atoms with Gasteiger partial charge in [-0.2, -0.15) is 4.72 Å². The van der Waals surface area contributed by atoms with Gasteiger partial charge in [-0.05, 0) is 55.0 Å². The van der Waals surface area contributed by atoms with Crippen LogP contribution in [0, 0.1) is 5.92 Å². The fraction of sp³-hybridized carbons (Fsp3) is 0.357. The Labute approximate surface area is 217 Å². The summed E-state index contributed by atoms with van der Waals surface area (Å²) >= 11 is 0.